The number of allylic oxidation sites excluding steroid dienone is 1. The summed E-state index contributed by atoms with van der Waals surface area (Å²) in [6.45, 7) is 0. The lowest BCUT2D eigenvalue weighted by molar-refractivity contribution is -0.125. The van der Waals surface area contributed by atoms with Gasteiger partial charge in [-0.3, -0.25) is 14.9 Å². The molecule has 2 aromatic carbocycles. The molecule has 0 saturated carbocycles. The van der Waals surface area contributed by atoms with E-state index < -0.39 is 12.0 Å². The highest BCUT2D eigenvalue weighted by molar-refractivity contribution is 7.13. The number of guanidine groups is 1. The fourth-order valence-electron chi connectivity index (χ4n) is 4.37. The van der Waals surface area contributed by atoms with Gasteiger partial charge >= 0.3 is 6.01 Å². The number of fused-ring (bicyclic) bond motifs is 1. The first kappa shape index (κ1) is 22.4. The third-order valence-corrected chi connectivity index (χ3v) is 6.94. The normalized spacial score (nSPS) is 19.5. The molecule has 6 rings (SSSR count). The lowest BCUT2D eigenvalue weighted by atomic mass is 9.80. The van der Waals surface area contributed by atoms with E-state index in [0.29, 0.717) is 50.5 Å². The molecule has 2 unspecified atom stereocenters. The van der Waals surface area contributed by atoms with Crippen molar-refractivity contribution in [3.63, 3.8) is 0 Å². The van der Waals surface area contributed by atoms with Crippen molar-refractivity contribution in [1.82, 2.24) is 20.5 Å². The average Bonchev–Trinajstić information content (AvgIpc) is 3.53. The second-order valence-electron chi connectivity index (χ2n) is 8.29. The van der Waals surface area contributed by atoms with Gasteiger partial charge in [0, 0.05) is 29.1 Å². The Labute approximate surface area is 213 Å². The molecule has 3 heterocycles. The predicted molar refractivity (Wildman–Crippen MR) is 136 cm³/mol. The SMILES string of the molecule is O=C1CC(C(=O)Nc2nncs2)CC2=C1C(c1ccccc1Cl)N=C(Nc1nc3ccccc3o1)N2. The number of Topliss-reactive ketones (excluding diaryl/α,β-unsaturated/α-hetero) is 1. The number of halogens is 1. The number of para-hydroxylation sites is 2. The number of aromatic nitrogens is 3. The Bertz CT molecular complexity index is 1510. The number of hydrogen-bond acceptors (Lipinski definition) is 10. The van der Waals surface area contributed by atoms with Crippen molar-refractivity contribution in [3.05, 3.63) is 75.9 Å². The molecule has 1 aliphatic heterocycles. The zero-order chi connectivity index (χ0) is 24.6. The van der Waals surface area contributed by atoms with Crippen molar-refractivity contribution in [1.29, 1.82) is 0 Å². The molecule has 2 aromatic heterocycles. The van der Waals surface area contributed by atoms with E-state index in [1.165, 1.54) is 16.8 Å². The molecule has 10 nitrogen and oxygen atoms in total. The third kappa shape index (κ3) is 4.23. The number of anilines is 2. The minimum atomic E-state index is -0.651. The lowest BCUT2D eigenvalue weighted by Gasteiger charge is -2.33. The van der Waals surface area contributed by atoms with Crippen LogP contribution in [0.25, 0.3) is 11.1 Å². The summed E-state index contributed by atoms with van der Waals surface area (Å²) in [5.74, 6) is -0.708. The summed E-state index contributed by atoms with van der Waals surface area (Å²) in [5, 5.41) is 17.5. The zero-order valence-corrected chi connectivity index (χ0v) is 20.1. The molecule has 36 heavy (non-hydrogen) atoms. The summed E-state index contributed by atoms with van der Waals surface area (Å²) in [7, 11) is 0. The maximum absolute atomic E-state index is 13.4. The Balaban J connectivity index is 1.33. The molecule has 0 radical (unpaired) electrons. The van der Waals surface area contributed by atoms with Gasteiger partial charge in [-0.1, -0.05) is 53.3 Å². The number of ketones is 1. The quantitative estimate of drug-likeness (QED) is 0.363. The van der Waals surface area contributed by atoms with Crippen LogP contribution in [0.15, 0.2) is 74.7 Å². The summed E-state index contributed by atoms with van der Waals surface area (Å²) in [6.07, 6.45) is 0.358. The van der Waals surface area contributed by atoms with Crippen molar-refractivity contribution >= 4 is 62.8 Å². The van der Waals surface area contributed by atoms with Gasteiger partial charge in [0.25, 0.3) is 0 Å². The molecule has 0 spiro atoms. The van der Waals surface area contributed by atoms with Crippen LogP contribution in [0.2, 0.25) is 5.02 Å². The number of nitrogens with one attached hydrogen (secondary N) is 3. The van der Waals surface area contributed by atoms with E-state index in [4.69, 9.17) is 21.0 Å². The number of oxazole rings is 1. The monoisotopic (exact) mass is 519 g/mol. The number of carbonyl (C=O) groups excluding carboxylic acids is 2. The van der Waals surface area contributed by atoms with E-state index in [1.54, 1.807) is 6.07 Å². The van der Waals surface area contributed by atoms with Crippen molar-refractivity contribution in [3.8, 4) is 0 Å². The standard InChI is InChI=1S/C24H18ClN7O3S/c25-14-6-2-1-5-13(14)20-19-16(9-12(10-17(19)33)21(34)30-24-32-26-11-36-24)27-22(29-20)31-23-28-15-7-3-4-8-18(15)35-23/h1-8,11-12,20H,9-10H2,(H,30,32,34)(H2,27,28,29,31). The Morgan fingerprint density at radius 1 is 1.14 bits per heavy atom. The zero-order valence-electron chi connectivity index (χ0n) is 18.6. The van der Waals surface area contributed by atoms with Crippen molar-refractivity contribution in [2.45, 2.75) is 18.9 Å². The molecule has 4 aromatic rings. The molecule has 1 amide bonds. The highest BCUT2D eigenvalue weighted by Gasteiger charge is 2.39. The number of nitrogens with zero attached hydrogens (tertiary/aromatic N) is 4. The van der Waals surface area contributed by atoms with Crippen LogP contribution in [0.4, 0.5) is 11.1 Å². The minimum Gasteiger partial charge on any atom is -0.423 e. The highest BCUT2D eigenvalue weighted by Crippen LogP contribution is 2.40. The van der Waals surface area contributed by atoms with Crippen LogP contribution in [0.5, 0.6) is 0 Å². The summed E-state index contributed by atoms with van der Waals surface area (Å²) in [6, 6.07) is 14.2. The van der Waals surface area contributed by atoms with E-state index >= 15 is 0 Å². The molecule has 180 valence electrons. The van der Waals surface area contributed by atoms with Crippen LogP contribution in [-0.4, -0.2) is 32.8 Å². The van der Waals surface area contributed by atoms with Crippen LogP contribution >= 0.6 is 22.9 Å². The summed E-state index contributed by atoms with van der Waals surface area (Å²) >= 11 is 7.72. The van der Waals surface area contributed by atoms with Gasteiger partial charge < -0.3 is 15.1 Å². The summed E-state index contributed by atoms with van der Waals surface area (Å²) < 4.78 is 5.78. The van der Waals surface area contributed by atoms with E-state index in [1.807, 2.05) is 42.5 Å². The molecular formula is C24H18ClN7O3S. The highest BCUT2D eigenvalue weighted by atomic mass is 35.5. The van der Waals surface area contributed by atoms with Gasteiger partial charge in [0.05, 0.1) is 5.92 Å². The van der Waals surface area contributed by atoms with Gasteiger partial charge in [-0.25, -0.2) is 4.99 Å². The topological polar surface area (TPSA) is 134 Å². The van der Waals surface area contributed by atoms with Crippen LogP contribution in [-0.2, 0) is 9.59 Å². The van der Waals surface area contributed by atoms with Crippen molar-refractivity contribution < 1.29 is 14.0 Å². The Morgan fingerprint density at radius 2 is 1.97 bits per heavy atom. The Morgan fingerprint density at radius 3 is 2.78 bits per heavy atom. The fourth-order valence-corrected chi connectivity index (χ4v) is 5.06. The van der Waals surface area contributed by atoms with E-state index in [-0.39, 0.29) is 24.1 Å². The van der Waals surface area contributed by atoms with Crippen LogP contribution in [0.1, 0.15) is 24.4 Å². The molecule has 2 aliphatic rings. The second-order valence-corrected chi connectivity index (χ2v) is 9.53. The van der Waals surface area contributed by atoms with Crippen molar-refractivity contribution in [2.75, 3.05) is 10.6 Å². The van der Waals surface area contributed by atoms with Crippen molar-refractivity contribution in [2.24, 2.45) is 10.9 Å². The van der Waals surface area contributed by atoms with E-state index in [2.05, 4.69) is 31.1 Å². The molecule has 0 bridgehead atoms. The molecule has 0 fully saturated rings. The number of aliphatic imine (C=N–C) groups is 1. The summed E-state index contributed by atoms with van der Waals surface area (Å²) in [5.41, 5.74) is 4.63. The number of amides is 1. The fraction of sp³-hybridized carbons (Fsp3) is 0.167. The summed E-state index contributed by atoms with van der Waals surface area (Å²) in [4.78, 5) is 35.5. The number of hydrogen-bond donors (Lipinski definition) is 3. The van der Waals surface area contributed by atoms with Crippen LogP contribution in [0.3, 0.4) is 0 Å². The first-order valence-electron chi connectivity index (χ1n) is 11.1. The molecule has 3 N–H and O–H groups in total. The number of benzene rings is 2. The first-order chi connectivity index (χ1) is 17.5. The maximum atomic E-state index is 13.4. The van der Waals surface area contributed by atoms with Gasteiger partial charge in [-0.05, 0) is 23.8 Å². The number of carbonyl (C=O) groups is 2. The lowest BCUT2D eigenvalue weighted by Crippen LogP contribution is -2.42. The Kier molecular flexibility index (Phi) is 5.70. The minimum absolute atomic E-state index is 0.0511. The molecule has 12 heteroatoms. The van der Waals surface area contributed by atoms with Gasteiger partial charge in [0.1, 0.15) is 17.1 Å². The molecule has 2 atom stereocenters. The van der Waals surface area contributed by atoms with Crippen LogP contribution in [0, 0.1) is 5.92 Å². The smallest absolute Gasteiger partial charge is 0.302 e. The first-order valence-corrected chi connectivity index (χ1v) is 12.4. The maximum Gasteiger partial charge on any atom is 0.302 e. The third-order valence-electron chi connectivity index (χ3n) is 5.99. The van der Waals surface area contributed by atoms with Crippen LogP contribution < -0.4 is 16.0 Å². The second kappa shape index (κ2) is 9.17. The van der Waals surface area contributed by atoms with E-state index in [9.17, 15) is 9.59 Å². The molecular weight excluding hydrogens is 502 g/mol. The van der Waals surface area contributed by atoms with Gasteiger partial charge in [0.15, 0.2) is 11.4 Å². The van der Waals surface area contributed by atoms with Gasteiger partial charge in [-0.15, -0.1) is 10.2 Å². The van der Waals surface area contributed by atoms with Gasteiger partial charge in [0.2, 0.25) is 17.0 Å². The molecule has 0 saturated heterocycles. The predicted octanol–water partition coefficient (Wildman–Crippen LogP) is 4.32. The largest absolute Gasteiger partial charge is 0.423 e. The molecule has 1 aliphatic carbocycles. The van der Waals surface area contributed by atoms with E-state index in [0.717, 1.165) is 0 Å². The van der Waals surface area contributed by atoms with Gasteiger partial charge in [-0.2, -0.15) is 4.98 Å². The average molecular weight is 520 g/mol. The Hall–Kier alpha value is -4.09. The number of rotatable bonds is 4.